The molecule has 3 aromatic carbocycles. The molecule has 6 rings (SSSR count). The van der Waals surface area contributed by atoms with Crippen LogP contribution in [0.5, 0.6) is 0 Å². The molecule has 1 saturated heterocycles. The number of ether oxygens (including phenoxy) is 4. The number of aromatic nitrogens is 3. The Bertz CT molecular complexity index is 2600. The summed E-state index contributed by atoms with van der Waals surface area (Å²) in [5.74, 6) is -5.80. The zero-order valence-corrected chi connectivity index (χ0v) is 43.5. The van der Waals surface area contributed by atoms with E-state index in [9.17, 15) is 29.4 Å². The van der Waals surface area contributed by atoms with Gasteiger partial charge >= 0.3 is 30.2 Å². The van der Waals surface area contributed by atoms with E-state index in [1.54, 1.807) is 87.3 Å². The molecule has 3 amide bonds. The third kappa shape index (κ3) is 13.3. The maximum atomic E-state index is 15.5. The number of H-pyrrole nitrogens is 1. The van der Waals surface area contributed by atoms with E-state index in [-0.39, 0.29) is 25.3 Å². The molecule has 0 spiro atoms. The molecule has 8 atom stereocenters. The van der Waals surface area contributed by atoms with Crippen LogP contribution in [0.4, 0.5) is 20.2 Å². The summed E-state index contributed by atoms with van der Waals surface area (Å²) in [6.45, 7) is 18.4. The molecule has 2 aromatic heterocycles. The molecule has 7 N–H and O–H groups in total. The number of anilines is 1. The molecule has 3 unspecified atom stereocenters. The third-order valence-corrected chi connectivity index (χ3v) is 12.9. The minimum absolute atomic E-state index is 0.0102. The van der Waals surface area contributed by atoms with Gasteiger partial charge in [0.15, 0.2) is 5.82 Å². The summed E-state index contributed by atoms with van der Waals surface area (Å²) >= 11 is 0. The maximum Gasteiger partial charge on any atom is 0.411 e. The van der Waals surface area contributed by atoms with Gasteiger partial charge in [-0.2, -0.15) is 0 Å². The van der Waals surface area contributed by atoms with Crippen LogP contribution >= 0.6 is 0 Å². The highest BCUT2D eigenvalue weighted by Gasteiger charge is 2.56. The molecule has 18 heteroatoms. The van der Waals surface area contributed by atoms with Crippen molar-refractivity contribution in [2.24, 2.45) is 23.7 Å². The Kier molecular flexibility index (Phi) is 16.8. The summed E-state index contributed by atoms with van der Waals surface area (Å²) in [4.78, 5) is 82.3. The van der Waals surface area contributed by atoms with Crippen molar-refractivity contribution in [3.05, 3.63) is 126 Å². The van der Waals surface area contributed by atoms with Crippen LogP contribution in [0.15, 0.2) is 104 Å². The van der Waals surface area contributed by atoms with Crippen molar-refractivity contribution >= 4 is 47.1 Å². The molecular formula is C55H71N7O11. The number of nitrogens with zero attached hydrogens (tertiary/aromatic N) is 3. The van der Waals surface area contributed by atoms with Gasteiger partial charge in [-0.15, -0.1) is 0 Å². The second-order valence-corrected chi connectivity index (χ2v) is 21.9. The van der Waals surface area contributed by atoms with Crippen LogP contribution in [0.3, 0.4) is 0 Å². The van der Waals surface area contributed by atoms with E-state index in [4.69, 9.17) is 24.7 Å². The molecule has 0 radical (unpaired) electrons. The molecule has 1 aliphatic heterocycles. The van der Waals surface area contributed by atoms with Crippen molar-refractivity contribution in [2.75, 3.05) is 12.3 Å². The average molecular weight is 1010 g/mol. The maximum absolute atomic E-state index is 15.5. The molecule has 0 saturated carbocycles. The third-order valence-electron chi connectivity index (χ3n) is 12.9. The summed E-state index contributed by atoms with van der Waals surface area (Å²) in [6, 6.07) is 24.0. The predicted octanol–water partition coefficient (Wildman–Crippen LogP) is 9.45. The number of likely N-dealkylation sites (tertiary alicyclic amines) is 1. The van der Waals surface area contributed by atoms with E-state index in [0.717, 1.165) is 16.7 Å². The zero-order valence-electron chi connectivity index (χ0n) is 43.5. The largest absolute Gasteiger partial charge is 0.480 e. The number of carbonyl (C=O) groups is 5. The van der Waals surface area contributed by atoms with Crippen molar-refractivity contribution in [3.8, 4) is 0 Å². The first-order valence-electron chi connectivity index (χ1n) is 24.5. The lowest BCUT2D eigenvalue weighted by molar-refractivity contribution is -0.142. The number of carboxylic acid groups (broad SMARTS) is 2. The molecule has 1 aliphatic rings. The number of fused-ring (bicyclic) bond motifs is 1. The fourth-order valence-electron chi connectivity index (χ4n) is 10.00. The van der Waals surface area contributed by atoms with E-state index in [1.807, 2.05) is 91.0 Å². The number of nitrogens with one attached hydrogen (secondary N) is 3. The number of hydrogen-bond donors (Lipinski definition) is 6. The van der Waals surface area contributed by atoms with Gasteiger partial charge in [-0.3, -0.25) is 4.90 Å². The van der Waals surface area contributed by atoms with Crippen LogP contribution in [0.2, 0.25) is 0 Å². The molecule has 73 heavy (non-hydrogen) atoms. The molecule has 0 aliphatic carbocycles. The van der Waals surface area contributed by atoms with Crippen LogP contribution < -0.4 is 16.4 Å². The number of amides is 3. The van der Waals surface area contributed by atoms with Crippen LogP contribution in [-0.4, -0.2) is 102 Å². The monoisotopic (exact) mass is 1010 g/mol. The van der Waals surface area contributed by atoms with Gasteiger partial charge in [0.2, 0.25) is 0 Å². The molecule has 5 aromatic rings. The highest BCUT2D eigenvalue weighted by molar-refractivity contribution is 5.88. The minimum Gasteiger partial charge on any atom is -0.480 e. The quantitative estimate of drug-likeness (QED) is 0.0375. The predicted molar refractivity (Wildman–Crippen MR) is 274 cm³/mol. The van der Waals surface area contributed by atoms with E-state index in [0.29, 0.717) is 16.6 Å². The van der Waals surface area contributed by atoms with Crippen LogP contribution in [-0.2, 0) is 34.1 Å². The Morgan fingerprint density at radius 3 is 1.49 bits per heavy atom. The molecule has 1 fully saturated rings. The lowest BCUT2D eigenvalue weighted by atomic mass is 9.73. The smallest absolute Gasteiger partial charge is 0.411 e. The molecule has 18 nitrogen and oxygen atoms in total. The van der Waals surface area contributed by atoms with Crippen molar-refractivity contribution in [1.82, 2.24) is 30.5 Å². The second kappa shape index (κ2) is 22.3. The number of nitrogens with two attached hydrogens (primary N) is 1. The number of aromatic amines is 1. The lowest BCUT2D eigenvalue weighted by Crippen LogP contribution is -2.49. The Morgan fingerprint density at radius 1 is 0.658 bits per heavy atom. The Morgan fingerprint density at radius 2 is 1.08 bits per heavy atom. The van der Waals surface area contributed by atoms with E-state index in [2.05, 4.69) is 25.6 Å². The number of nitrogen functional groups attached to an aromatic ring is 1. The number of alkyl carbamates (subject to hydrolysis) is 2. The average Bonchev–Trinajstić information content (AvgIpc) is 3.86. The van der Waals surface area contributed by atoms with Crippen molar-refractivity contribution in [3.63, 3.8) is 0 Å². The number of carboxylic acids is 2. The van der Waals surface area contributed by atoms with Crippen molar-refractivity contribution < 1.29 is 53.1 Å². The van der Waals surface area contributed by atoms with Gasteiger partial charge in [0.25, 0.3) is 0 Å². The van der Waals surface area contributed by atoms with Crippen LogP contribution in [0.1, 0.15) is 117 Å². The fraction of sp³-hybridized carbons (Fsp3) is 0.473. The summed E-state index contributed by atoms with van der Waals surface area (Å²) < 4.78 is 24.9. The van der Waals surface area contributed by atoms with Crippen molar-refractivity contribution in [1.29, 1.82) is 0 Å². The van der Waals surface area contributed by atoms with Gasteiger partial charge in [-0.05, 0) is 116 Å². The van der Waals surface area contributed by atoms with Gasteiger partial charge in [0.1, 0.15) is 46.3 Å². The Labute approximate surface area is 426 Å². The van der Waals surface area contributed by atoms with E-state index >= 15 is 4.79 Å². The molecular weight excluding hydrogens is 935 g/mol. The van der Waals surface area contributed by atoms with Gasteiger partial charge in [0, 0.05) is 11.8 Å². The second-order valence-electron chi connectivity index (χ2n) is 21.9. The first-order chi connectivity index (χ1) is 34.2. The number of carbonyl (C=O) groups excluding carboxylic acids is 3. The van der Waals surface area contributed by atoms with Crippen molar-refractivity contribution in [2.45, 2.75) is 136 Å². The van der Waals surface area contributed by atoms with Gasteiger partial charge < -0.3 is 50.5 Å². The molecule has 3 heterocycles. The van der Waals surface area contributed by atoms with Crippen LogP contribution in [0, 0.1) is 23.7 Å². The Hall–Kier alpha value is -7.21. The first kappa shape index (κ1) is 55.1. The Balaban J connectivity index is 1.63. The van der Waals surface area contributed by atoms with Gasteiger partial charge in [-0.25, -0.2) is 33.9 Å². The van der Waals surface area contributed by atoms with Crippen LogP contribution in [0.25, 0.3) is 11.0 Å². The normalized spacial score (nSPS) is 19.0. The summed E-state index contributed by atoms with van der Waals surface area (Å²) in [7, 11) is 0. The molecule has 392 valence electrons. The number of benzene rings is 3. The van der Waals surface area contributed by atoms with Gasteiger partial charge in [-0.1, -0.05) is 105 Å². The first-order valence-corrected chi connectivity index (χ1v) is 24.5. The SMILES string of the molecule is CC(C[C@@H]1[C@H](CC(C)[C@H](NC(=O)OC(C)(C)C)C(=O)O)[C@@H](c2c[nH]c3c(N)ncnc23)N(C(=O)OC(C)(C)C)[C@H]1COC(c1ccccc1)(c1ccccc1)c1ccccc1)C(NC(=O)OC(C)(C)C)C(=O)O. The summed E-state index contributed by atoms with van der Waals surface area (Å²) in [5, 5.41) is 26.7. The lowest BCUT2D eigenvalue weighted by Gasteiger charge is -2.40. The summed E-state index contributed by atoms with van der Waals surface area (Å²) in [5.41, 5.74) is 5.75. The van der Waals surface area contributed by atoms with E-state index < -0.39 is 100 Å². The standard InChI is InChI=1S/C55H71N7O11/c1-32(41(47(63)64)60-49(67)71-52(3,4)5)27-37-38(28-33(2)42(48(65)66)61-50(68)72-53(6,7)8)45(39-29-57-44-43(39)58-31-59-46(44)56)62(51(69)73-54(9,10)11)40(37)30-70-55(34-21-15-12-16-22-34,35-23-17-13-18-24-35)36-25-19-14-20-26-36/h12-26,29,31-33,37-38,40-42,45,57H,27-28,30H2,1-11H3,(H,60,67)(H,61,68)(H,63,64)(H,65,66)(H2,56,58,59)/t32?,33?,37-,38+,40+,41?,42+,45+/m1/s1. The van der Waals surface area contributed by atoms with Gasteiger partial charge in [0.05, 0.1) is 24.2 Å². The topological polar surface area (TPSA) is 258 Å². The number of hydrogen-bond acceptors (Lipinski definition) is 12. The van der Waals surface area contributed by atoms with E-state index in [1.165, 1.54) is 6.33 Å². The minimum atomic E-state index is -1.50. The summed E-state index contributed by atoms with van der Waals surface area (Å²) in [6.07, 6.45) is 0.377. The highest BCUT2D eigenvalue weighted by atomic mass is 16.6. The number of rotatable bonds is 17. The number of aliphatic carboxylic acids is 2. The molecule has 0 bridgehead atoms. The highest BCUT2D eigenvalue weighted by Crippen LogP contribution is 2.53. The fourth-order valence-corrected chi connectivity index (χ4v) is 10.00. The zero-order chi connectivity index (χ0) is 53.6.